The molecule has 4 aromatic rings. The summed E-state index contributed by atoms with van der Waals surface area (Å²) in [6, 6.07) is 18.6. The summed E-state index contributed by atoms with van der Waals surface area (Å²) in [5, 5.41) is 9.83. The third kappa shape index (κ3) is 5.02. The van der Waals surface area contributed by atoms with Crippen molar-refractivity contribution in [1.82, 2.24) is 9.97 Å². The molecule has 170 valence electrons. The standard InChI is InChI=1S/C25H18ClN3O4S/c26-22-11-21(9-17(12-27)25(22)33-20-6-7-20)32-19-4-1-15(2-5-19)16-3-8-23-24(10-16)28-13-18(29-23)14-34(30)31/h1-5,8-11,13,20H,6-7,14H2,(H,30,31). The van der Waals surface area contributed by atoms with Gasteiger partial charge in [0, 0.05) is 12.1 Å². The van der Waals surface area contributed by atoms with E-state index in [1.165, 1.54) is 6.20 Å². The molecule has 1 fully saturated rings. The maximum Gasteiger partial charge on any atom is 0.159 e. The normalized spacial score (nSPS) is 13.9. The lowest BCUT2D eigenvalue weighted by atomic mass is 10.0. The van der Waals surface area contributed by atoms with E-state index in [4.69, 9.17) is 25.6 Å². The zero-order valence-electron chi connectivity index (χ0n) is 17.8. The van der Waals surface area contributed by atoms with E-state index in [9.17, 15) is 9.47 Å². The molecule has 1 atom stereocenters. The first kappa shape index (κ1) is 22.3. The number of nitrogens with zero attached hydrogens (tertiary/aromatic N) is 3. The molecular weight excluding hydrogens is 474 g/mol. The van der Waals surface area contributed by atoms with Crippen molar-refractivity contribution in [3.63, 3.8) is 0 Å². The van der Waals surface area contributed by atoms with E-state index < -0.39 is 11.1 Å². The van der Waals surface area contributed by atoms with Crippen molar-refractivity contribution in [3.8, 4) is 34.4 Å². The van der Waals surface area contributed by atoms with Crippen molar-refractivity contribution >= 4 is 33.7 Å². The lowest BCUT2D eigenvalue weighted by Crippen LogP contribution is -1.99. The van der Waals surface area contributed by atoms with Gasteiger partial charge in [-0.25, -0.2) is 9.19 Å². The highest BCUT2D eigenvalue weighted by atomic mass is 35.5. The van der Waals surface area contributed by atoms with Gasteiger partial charge in [0.15, 0.2) is 16.8 Å². The third-order valence-electron chi connectivity index (χ3n) is 5.23. The molecule has 34 heavy (non-hydrogen) atoms. The minimum atomic E-state index is -1.96. The van der Waals surface area contributed by atoms with E-state index in [1.54, 1.807) is 12.1 Å². The SMILES string of the molecule is N#Cc1cc(Oc2ccc(-c3ccc4nc(CS(=O)O)cnc4c3)cc2)cc(Cl)c1OC1CC1. The fourth-order valence-corrected chi connectivity index (χ4v) is 4.11. The molecule has 1 N–H and O–H groups in total. The zero-order chi connectivity index (χ0) is 23.7. The van der Waals surface area contributed by atoms with Gasteiger partial charge in [0.25, 0.3) is 0 Å². The molecule has 1 aliphatic carbocycles. The first-order valence-corrected chi connectivity index (χ1v) is 12.2. The predicted molar refractivity (Wildman–Crippen MR) is 129 cm³/mol. The first-order valence-electron chi connectivity index (χ1n) is 10.5. The van der Waals surface area contributed by atoms with Crippen LogP contribution in [0.5, 0.6) is 17.2 Å². The molecule has 0 amide bonds. The second kappa shape index (κ2) is 9.39. The van der Waals surface area contributed by atoms with Crippen molar-refractivity contribution in [2.45, 2.75) is 24.7 Å². The Morgan fingerprint density at radius 3 is 2.53 bits per heavy atom. The van der Waals surface area contributed by atoms with Crippen molar-refractivity contribution < 1.29 is 18.2 Å². The highest BCUT2D eigenvalue weighted by Crippen LogP contribution is 2.38. The van der Waals surface area contributed by atoms with Gasteiger partial charge in [-0.15, -0.1) is 0 Å². The summed E-state index contributed by atoms with van der Waals surface area (Å²) < 4.78 is 31.7. The van der Waals surface area contributed by atoms with E-state index in [0.717, 1.165) is 24.0 Å². The van der Waals surface area contributed by atoms with Crippen LogP contribution in [0.4, 0.5) is 0 Å². The molecule has 0 radical (unpaired) electrons. The Morgan fingerprint density at radius 2 is 1.82 bits per heavy atom. The van der Waals surface area contributed by atoms with Gasteiger partial charge < -0.3 is 14.0 Å². The van der Waals surface area contributed by atoms with Crippen LogP contribution in [0.1, 0.15) is 24.1 Å². The fourth-order valence-electron chi connectivity index (χ4n) is 3.46. The minimum absolute atomic E-state index is 0.0521. The van der Waals surface area contributed by atoms with Crippen LogP contribution in [0.15, 0.2) is 60.8 Å². The molecule has 1 aromatic heterocycles. The number of ether oxygens (including phenoxy) is 2. The van der Waals surface area contributed by atoms with Gasteiger partial charge in [0.1, 0.15) is 17.6 Å². The molecule has 5 rings (SSSR count). The van der Waals surface area contributed by atoms with Crippen LogP contribution in [-0.2, 0) is 16.8 Å². The summed E-state index contributed by atoms with van der Waals surface area (Å²) in [6.45, 7) is 0. The second-order valence-corrected chi connectivity index (χ2v) is 9.21. The molecule has 0 aliphatic heterocycles. The van der Waals surface area contributed by atoms with E-state index in [-0.39, 0.29) is 11.9 Å². The minimum Gasteiger partial charge on any atom is -0.487 e. The van der Waals surface area contributed by atoms with E-state index in [2.05, 4.69) is 16.0 Å². The second-order valence-electron chi connectivity index (χ2n) is 7.87. The smallest absolute Gasteiger partial charge is 0.159 e. The van der Waals surface area contributed by atoms with Crippen LogP contribution in [0.3, 0.4) is 0 Å². The predicted octanol–water partition coefficient (Wildman–Crippen LogP) is 5.88. The summed E-state index contributed by atoms with van der Waals surface area (Å²) in [6.07, 6.45) is 3.60. The number of fused-ring (bicyclic) bond motifs is 1. The molecule has 1 unspecified atom stereocenters. The summed E-state index contributed by atoms with van der Waals surface area (Å²) in [7, 11) is 0. The van der Waals surface area contributed by atoms with Gasteiger partial charge in [-0.2, -0.15) is 5.26 Å². The van der Waals surface area contributed by atoms with Gasteiger partial charge in [0.2, 0.25) is 0 Å². The van der Waals surface area contributed by atoms with Gasteiger partial charge >= 0.3 is 0 Å². The molecule has 1 aliphatic rings. The van der Waals surface area contributed by atoms with Crippen molar-refractivity contribution in [2.24, 2.45) is 0 Å². The highest BCUT2D eigenvalue weighted by molar-refractivity contribution is 7.78. The van der Waals surface area contributed by atoms with Crippen molar-refractivity contribution in [2.75, 3.05) is 0 Å². The number of halogens is 1. The average molecular weight is 492 g/mol. The molecule has 7 nitrogen and oxygen atoms in total. The molecule has 0 spiro atoms. The summed E-state index contributed by atoms with van der Waals surface area (Å²) in [5.74, 6) is 1.41. The summed E-state index contributed by atoms with van der Waals surface area (Å²) in [4.78, 5) is 8.74. The lowest BCUT2D eigenvalue weighted by Gasteiger charge is -2.12. The number of aromatic nitrogens is 2. The monoisotopic (exact) mass is 491 g/mol. The Bertz CT molecular complexity index is 1450. The van der Waals surface area contributed by atoms with Gasteiger partial charge in [-0.05, 0) is 48.2 Å². The van der Waals surface area contributed by atoms with E-state index in [0.29, 0.717) is 44.6 Å². The Labute approximate surface area is 203 Å². The van der Waals surface area contributed by atoms with Crippen LogP contribution in [0, 0.1) is 11.3 Å². The molecule has 9 heteroatoms. The summed E-state index contributed by atoms with van der Waals surface area (Å²) in [5.41, 5.74) is 4.07. The number of hydrogen-bond acceptors (Lipinski definition) is 6. The van der Waals surface area contributed by atoms with Gasteiger partial charge in [-0.1, -0.05) is 29.8 Å². The first-order chi connectivity index (χ1) is 16.5. The molecule has 1 heterocycles. The maximum absolute atomic E-state index is 11.0. The maximum atomic E-state index is 11.0. The summed E-state index contributed by atoms with van der Waals surface area (Å²) >= 11 is 4.38. The van der Waals surface area contributed by atoms with Crippen LogP contribution in [0.2, 0.25) is 5.02 Å². The van der Waals surface area contributed by atoms with E-state index in [1.807, 2.05) is 42.5 Å². The highest BCUT2D eigenvalue weighted by Gasteiger charge is 2.26. The van der Waals surface area contributed by atoms with Crippen LogP contribution in [0.25, 0.3) is 22.2 Å². The molecule has 0 saturated heterocycles. The number of hydrogen-bond donors (Lipinski definition) is 1. The van der Waals surface area contributed by atoms with E-state index >= 15 is 0 Å². The zero-order valence-corrected chi connectivity index (χ0v) is 19.3. The third-order valence-corrected chi connectivity index (χ3v) is 6.06. The van der Waals surface area contributed by atoms with Gasteiger partial charge in [-0.3, -0.25) is 4.98 Å². The van der Waals surface area contributed by atoms with Crippen molar-refractivity contribution in [1.29, 1.82) is 5.26 Å². The number of benzene rings is 3. The van der Waals surface area contributed by atoms with Crippen LogP contribution in [-0.4, -0.2) is 24.8 Å². The molecule has 1 saturated carbocycles. The Kier molecular flexibility index (Phi) is 6.16. The van der Waals surface area contributed by atoms with Crippen LogP contribution < -0.4 is 9.47 Å². The Hall–Kier alpha value is -3.51. The van der Waals surface area contributed by atoms with Crippen molar-refractivity contribution in [3.05, 3.63) is 77.1 Å². The largest absolute Gasteiger partial charge is 0.487 e. The Balaban J connectivity index is 1.34. The lowest BCUT2D eigenvalue weighted by molar-refractivity contribution is 0.302. The average Bonchev–Trinajstić information content (AvgIpc) is 3.65. The number of nitriles is 1. The number of rotatable bonds is 7. The van der Waals surface area contributed by atoms with Crippen LogP contribution >= 0.6 is 11.6 Å². The molecule has 3 aromatic carbocycles. The quantitative estimate of drug-likeness (QED) is 0.322. The fraction of sp³-hybridized carbons (Fsp3) is 0.160. The molecular formula is C25H18ClN3O4S. The van der Waals surface area contributed by atoms with Gasteiger partial charge in [0.05, 0.1) is 45.4 Å². The topological polar surface area (TPSA) is 105 Å². The molecule has 0 bridgehead atoms. The Morgan fingerprint density at radius 1 is 1.06 bits per heavy atom.